The zero-order valence-electron chi connectivity index (χ0n) is 11.4. The van der Waals surface area contributed by atoms with E-state index in [1.165, 1.54) is 9.80 Å². The lowest BCUT2D eigenvalue weighted by atomic mass is 10.3. The molecule has 0 atom stereocenters. The number of nitrogens with zero attached hydrogens (tertiary/aromatic N) is 3. The van der Waals surface area contributed by atoms with Crippen molar-refractivity contribution in [1.82, 2.24) is 14.7 Å². The Kier molecular flexibility index (Phi) is 5.61. The van der Waals surface area contributed by atoms with Gasteiger partial charge in [-0.25, -0.2) is 4.79 Å². The van der Waals surface area contributed by atoms with Gasteiger partial charge in [0.05, 0.1) is 6.54 Å². The van der Waals surface area contributed by atoms with Gasteiger partial charge in [0.15, 0.2) is 6.61 Å². The van der Waals surface area contributed by atoms with Crippen molar-refractivity contribution in [3.8, 4) is 0 Å². The van der Waals surface area contributed by atoms with E-state index in [1.807, 2.05) is 4.90 Å². The monoisotopic (exact) mass is 297 g/mol. The third kappa shape index (κ3) is 5.64. The maximum atomic E-state index is 11.9. The van der Waals surface area contributed by atoms with Gasteiger partial charge in [-0.05, 0) is 0 Å². The molecule has 1 fully saturated rings. The summed E-state index contributed by atoms with van der Waals surface area (Å²) in [5, 5.41) is 0. The first kappa shape index (κ1) is 16.5. The Bertz CT molecular complexity index is 353. The molecule has 1 saturated heterocycles. The molecular weight excluding hydrogens is 279 g/mol. The molecule has 0 radical (unpaired) electrons. The number of ether oxygens (including phenoxy) is 1. The van der Waals surface area contributed by atoms with Gasteiger partial charge < -0.3 is 14.5 Å². The maximum absolute atomic E-state index is 11.9. The van der Waals surface area contributed by atoms with Crippen LogP contribution in [-0.4, -0.2) is 86.3 Å². The highest BCUT2D eigenvalue weighted by molar-refractivity contribution is 5.77. The number of hydrogen-bond donors (Lipinski definition) is 0. The van der Waals surface area contributed by atoms with Crippen molar-refractivity contribution in [2.75, 3.05) is 53.4 Å². The molecule has 0 aromatic carbocycles. The molecule has 9 heteroatoms. The molecule has 1 heterocycles. The average molecular weight is 297 g/mol. The Morgan fingerprint density at radius 1 is 1.15 bits per heavy atom. The zero-order valence-corrected chi connectivity index (χ0v) is 11.4. The lowest BCUT2D eigenvalue weighted by Gasteiger charge is -2.34. The Balaban J connectivity index is 2.31. The van der Waals surface area contributed by atoms with E-state index in [9.17, 15) is 22.8 Å². The number of rotatable bonds is 3. The number of piperazine rings is 1. The maximum Gasteiger partial charge on any atom is 0.422 e. The van der Waals surface area contributed by atoms with E-state index < -0.39 is 18.9 Å². The van der Waals surface area contributed by atoms with E-state index in [0.717, 1.165) is 0 Å². The Hall–Kier alpha value is -1.51. The van der Waals surface area contributed by atoms with E-state index in [-0.39, 0.29) is 25.5 Å². The van der Waals surface area contributed by atoms with Crippen LogP contribution in [0.2, 0.25) is 0 Å². The fourth-order valence-corrected chi connectivity index (χ4v) is 1.66. The number of amides is 2. The summed E-state index contributed by atoms with van der Waals surface area (Å²) in [7, 11) is 3.29. The van der Waals surface area contributed by atoms with Gasteiger partial charge in [0.2, 0.25) is 5.91 Å². The van der Waals surface area contributed by atoms with Crippen LogP contribution in [0.5, 0.6) is 0 Å². The number of carbonyl (C=O) groups is 2. The molecule has 20 heavy (non-hydrogen) atoms. The van der Waals surface area contributed by atoms with Gasteiger partial charge in [-0.15, -0.1) is 0 Å². The molecule has 0 saturated carbocycles. The van der Waals surface area contributed by atoms with Crippen LogP contribution in [0.25, 0.3) is 0 Å². The minimum Gasteiger partial charge on any atom is -0.440 e. The predicted molar refractivity (Wildman–Crippen MR) is 64.1 cm³/mol. The standard InChI is InChI=1S/C11H18F3N3O3/c1-15(2)9(18)7-16-3-5-17(6-4-16)10(19)20-8-11(12,13)14/h3-8H2,1-2H3. The van der Waals surface area contributed by atoms with E-state index in [1.54, 1.807) is 14.1 Å². The number of likely N-dealkylation sites (N-methyl/N-ethyl adjacent to an activating group) is 1. The molecule has 0 bridgehead atoms. The summed E-state index contributed by atoms with van der Waals surface area (Å²) < 4.78 is 39.9. The molecule has 0 spiro atoms. The molecule has 1 aliphatic heterocycles. The number of halogens is 3. The van der Waals surface area contributed by atoms with Crippen LogP contribution in [-0.2, 0) is 9.53 Å². The Morgan fingerprint density at radius 2 is 1.70 bits per heavy atom. The first-order valence-corrected chi connectivity index (χ1v) is 6.10. The van der Waals surface area contributed by atoms with Crippen molar-refractivity contribution in [3.63, 3.8) is 0 Å². The minimum atomic E-state index is -4.52. The molecule has 6 nitrogen and oxygen atoms in total. The normalized spacial score (nSPS) is 16.9. The Morgan fingerprint density at radius 3 is 2.15 bits per heavy atom. The summed E-state index contributed by atoms with van der Waals surface area (Å²) in [5.74, 6) is -0.0573. The second-order valence-electron chi connectivity index (χ2n) is 4.72. The van der Waals surface area contributed by atoms with Gasteiger partial charge in [0.1, 0.15) is 0 Å². The smallest absolute Gasteiger partial charge is 0.422 e. The van der Waals surface area contributed by atoms with Gasteiger partial charge in [-0.2, -0.15) is 13.2 Å². The molecule has 1 rings (SSSR count). The highest BCUT2D eigenvalue weighted by Crippen LogP contribution is 2.15. The fraction of sp³-hybridized carbons (Fsp3) is 0.818. The summed E-state index contributed by atoms with van der Waals surface area (Å²) in [6.07, 6.45) is -5.49. The first-order chi connectivity index (χ1) is 9.19. The number of hydrogen-bond acceptors (Lipinski definition) is 4. The quantitative estimate of drug-likeness (QED) is 0.756. The predicted octanol–water partition coefficient (Wildman–Crippen LogP) is 0.391. The topological polar surface area (TPSA) is 53.1 Å². The molecule has 0 aromatic heterocycles. The van der Waals surface area contributed by atoms with Crippen molar-refractivity contribution >= 4 is 12.0 Å². The van der Waals surface area contributed by atoms with Crippen LogP contribution in [0.4, 0.5) is 18.0 Å². The van der Waals surface area contributed by atoms with Crippen LogP contribution < -0.4 is 0 Å². The summed E-state index contributed by atoms with van der Waals surface area (Å²) in [5.41, 5.74) is 0. The van der Waals surface area contributed by atoms with Gasteiger partial charge in [-0.1, -0.05) is 0 Å². The van der Waals surface area contributed by atoms with Gasteiger partial charge >= 0.3 is 12.3 Å². The van der Waals surface area contributed by atoms with Crippen molar-refractivity contribution in [2.45, 2.75) is 6.18 Å². The molecule has 2 amide bonds. The third-order valence-electron chi connectivity index (χ3n) is 2.85. The van der Waals surface area contributed by atoms with Crippen molar-refractivity contribution in [3.05, 3.63) is 0 Å². The van der Waals surface area contributed by atoms with Crippen molar-refractivity contribution in [1.29, 1.82) is 0 Å². The van der Waals surface area contributed by atoms with Crippen LogP contribution in [0, 0.1) is 0 Å². The van der Waals surface area contributed by atoms with Crippen LogP contribution in [0.1, 0.15) is 0 Å². The molecular formula is C11H18F3N3O3. The fourth-order valence-electron chi connectivity index (χ4n) is 1.66. The van der Waals surface area contributed by atoms with Gasteiger partial charge in [-0.3, -0.25) is 9.69 Å². The van der Waals surface area contributed by atoms with E-state index >= 15 is 0 Å². The van der Waals surface area contributed by atoms with E-state index in [0.29, 0.717) is 13.1 Å². The summed E-state index contributed by atoms with van der Waals surface area (Å²) >= 11 is 0. The largest absolute Gasteiger partial charge is 0.440 e. The summed E-state index contributed by atoms with van der Waals surface area (Å²) in [6.45, 7) is 0.0137. The number of carbonyl (C=O) groups excluding carboxylic acids is 2. The Labute approximate surface area is 115 Å². The van der Waals surface area contributed by atoms with Crippen LogP contribution in [0.15, 0.2) is 0 Å². The van der Waals surface area contributed by atoms with Crippen molar-refractivity contribution in [2.24, 2.45) is 0 Å². The molecule has 0 aromatic rings. The molecule has 1 aliphatic rings. The second kappa shape index (κ2) is 6.78. The van der Waals surface area contributed by atoms with Gasteiger partial charge in [0.25, 0.3) is 0 Å². The first-order valence-electron chi connectivity index (χ1n) is 6.10. The van der Waals surface area contributed by atoms with Crippen molar-refractivity contribution < 1.29 is 27.5 Å². The minimum absolute atomic E-state index is 0.0573. The lowest BCUT2D eigenvalue weighted by Crippen LogP contribution is -2.51. The van der Waals surface area contributed by atoms with Gasteiger partial charge in [0, 0.05) is 40.3 Å². The highest BCUT2D eigenvalue weighted by atomic mass is 19.4. The molecule has 0 unspecified atom stereocenters. The van der Waals surface area contributed by atoms with Crippen LogP contribution >= 0.6 is 0 Å². The SMILES string of the molecule is CN(C)C(=O)CN1CCN(C(=O)OCC(F)(F)F)CC1. The number of alkyl halides is 3. The lowest BCUT2D eigenvalue weighted by molar-refractivity contribution is -0.162. The summed E-state index contributed by atoms with van der Waals surface area (Å²) in [4.78, 5) is 27.4. The molecule has 0 aliphatic carbocycles. The molecule has 0 N–H and O–H groups in total. The average Bonchev–Trinajstić information content (AvgIpc) is 2.35. The third-order valence-corrected chi connectivity index (χ3v) is 2.85. The summed E-state index contributed by atoms with van der Waals surface area (Å²) in [6, 6.07) is 0. The highest BCUT2D eigenvalue weighted by Gasteiger charge is 2.31. The zero-order chi connectivity index (χ0) is 15.3. The van der Waals surface area contributed by atoms with Crippen LogP contribution in [0.3, 0.4) is 0 Å². The van der Waals surface area contributed by atoms with E-state index in [4.69, 9.17) is 0 Å². The second-order valence-corrected chi connectivity index (χ2v) is 4.72. The molecule has 116 valence electrons. The van der Waals surface area contributed by atoms with E-state index in [2.05, 4.69) is 4.74 Å².